The van der Waals surface area contributed by atoms with Crippen LogP contribution in [0.25, 0.3) is 16.7 Å². The molecule has 1 saturated carbocycles. The first-order valence-corrected chi connectivity index (χ1v) is 12.7. The average molecular weight is 562 g/mol. The Morgan fingerprint density at radius 2 is 2.06 bits per heavy atom. The average Bonchev–Trinajstić information content (AvgIpc) is 3.35. The molecule has 0 spiro atoms. The maximum atomic E-state index is 12.7. The van der Waals surface area contributed by atoms with Crippen molar-refractivity contribution in [3.8, 4) is 5.69 Å². The van der Waals surface area contributed by atoms with Gasteiger partial charge in [-0.2, -0.15) is 10.1 Å². The summed E-state index contributed by atoms with van der Waals surface area (Å²) in [6.45, 7) is 3.50. The zero-order chi connectivity index (χ0) is 24.7. The molecule has 35 heavy (non-hydrogen) atoms. The number of nitrogens with one attached hydrogen (secondary N) is 4. The van der Waals surface area contributed by atoms with E-state index in [2.05, 4.69) is 47.3 Å². The van der Waals surface area contributed by atoms with Crippen LogP contribution in [0, 0.1) is 5.41 Å². The molecule has 5 rings (SSSR count). The summed E-state index contributed by atoms with van der Waals surface area (Å²) in [6.07, 6.45) is 4.03. The maximum absolute atomic E-state index is 12.7. The van der Waals surface area contributed by atoms with Crippen LogP contribution in [0.4, 0.5) is 5.95 Å². The fourth-order valence-corrected chi connectivity index (χ4v) is 5.33. The zero-order valence-electron chi connectivity index (χ0n) is 19.4. The van der Waals surface area contributed by atoms with E-state index < -0.39 is 5.41 Å². The Balaban J connectivity index is 1.43. The summed E-state index contributed by atoms with van der Waals surface area (Å²) in [4.78, 5) is 34.2. The van der Waals surface area contributed by atoms with Crippen LogP contribution < -0.4 is 21.3 Å². The van der Waals surface area contributed by atoms with Gasteiger partial charge in [0.1, 0.15) is 4.60 Å². The number of amides is 2. The first-order chi connectivity index (χ1) is 16.8. The molecule has 2 amide bonds. The molecule has 10 nitrogen and oxygen atoms in total. The molecular weight excluding hydrogens is 536 g/mol. The lowest BCUT2D eigenvalue weighted by Crippen LogP contribution is -2.56. The standard InChI is InChI=1S/C23H26BrClN8O2/c1-23(21(35)26-2)4-3-14(8-23)30-22-28-11-17-18(24)32-33(19(17)31-22)16-6-12(5-13(25)7-16)20(34)29-15-9-27-10-15/h5-7,11,14-15,27H,3-4,8-10H2,1-2H3,(H,26,35)(H,29,34)(H,28,30,31)/t14-,23-/m1/s1. The van der Waals surface area contributed by atoms with Crippen molar-refractivity contribution in [2.24, 2.45) is 5.41 Å². The van der Waals surface area contributed by atoms with Gasteiger partial charge in [-0.3, -0.25) is 9.59 Å². The van der Waals surface area contributed by atoms with Gasteiger partial charge in [0.2, 0.25) is 11.9 Å². The van der Waals surface area contributed by atoms with Crippen molar-refractivity contribution in [3.05, 3.63) is 39.6 Å². The molecule has 4 N–H and O–H groups in total. The highest BCUT2D eigenvalue weighted by Crippen LogP contribution is 2.39. The van der Waals surface area contributed by atoms with E-state index in [1.54, 1.807) is 36.1 Å². The van der Waals surface area contributed by atoms with Crippen LogP contribution in [-0.2, 0) is 4.79 Å². The lowest BCUT2D eigenvalue weighted by molar-refractivity contribution is -0.129. The highest BCUT2D eigenvalue weighted by Gasteiger charge is 2.41. The molecule has 1 aromatic carbocycles. The topological polar surface area (TPSA) is 126 Å². The number of carbonyl (C=O) groups excluding carboxylic acids is 2. The number of aromatic nitrogens is 4. The quantitative estimate of drug-likeness (QED) is 0.365. The number of rotatable bonds is 6. The van der Waals surface area contributed by atoms with Gasteiger partial charge in [0, 0.05) is 48.4 Å². The van der Waals surface area contributed by atoms with E-state index in [0.717, 1.165) is 31.3 Å². The second kappa shape index (κ2) is 9.36. The number of benzene rings is 1. The molecule has 1 aliphatic carbocycles. The Morgan fingerprint density at radius 1 is 1.26 bits per heavy atom. The van der Waals surface area contributed by atoms with Crippen LogP contribution in [0.3, 0.4) is 0 Å². The fraction of sp³-hybridized carbons (Fsp3) is 0.435. The Bertz CT molecular complexity index is 1310. The molecular formula is C23H26BrClN8O2. The summed E-state index contributed by atoms with van der Waals surface area (Å²) in [7, 11) is 1.67. The van der Waals surface area contributed by atoms with Crippen LogP contribution in [0.1, 0.15) is 36.5 Å². The van der Waals surface area contributed by atoms with E-state index in [4.69, 9.17) is 16.6 Å². The Kier molecular flexibility index (Phi) is 6.41. The molecule has 184 valence electrons. The third kappa shape index (κ3) is 4.72. The second-order valence-electron chi connectivity index (χ2n) is 9.38. The molecule has 1 saturated heterocycles. The maximum Gasteiger partial charge on any atom is 0.251 e. The molecule has 2 aliphatic rings. The second-order valence-corrected chi connectivity index (χ2v) is 10.6. The number of hydrogen-bond donors (Lipinski definition) is 4. The van der Waals surface area contributed by atoms with Gasteiger partial charge in [-0.1, -0.05) is 18.5 Å². The smallest absolute Gasteiger partial charge is 0.251 e. The van der Waals surface area contributed by atoms with Crippen molar-refractivity contribution >= 4 is 56.3 Å². The van der Waals surface area contributed by atoms with E-state index in [1.807, 2.05) is 6.92 Å². The lowest BCUT2D eigenvalue weighted by Gasteiger charge is -2.28. The van der Waals surface area contributed by atoms with E-state index in [-0.39, 0.29) is 23.9 Å². The van der Waals surface area contributed by atoms with Crippen LogP contribution in [0.2, 0.25) is 5.02 Å². The van der Waals surface area contributed by atoms with Gasteiger partial charge in [0.15, 0.2) is 5.65 Å². The van der Waals surface area contributed by atoms with Crippen molar-refractivity contribution in [2.75, 3.05) is 25.5 Å². The van der Waals surface area contributed by atoms with Crippen molar-refractivity contribution in [3.63, 3.8) is 0 Å². The number of carbonyl (C=O) groups is 2. The summed E-state index contributed by atoms with van der Waals surface area (Å²) >= 11 is 9.86. The summed E-state index contributed by atoms with van der Waals surface area (Å²) in [6, 6.07) is 5.32. The highest BCUT2D eigenvalue weighted by atomic mass is 79.9. The van der Waals surface area contributed by atoms with Crippen molar-refractivity contribution in [1.29, 1.82) is 0 Å². The van der Waals surface area contributed by atoms with E-state index in [9.17, 15) is 9.59 Å². The van der Waals surface area contributed by atoms with Crippen LogP contribution in [0.5, 0.6) is 0 Å². The molecule has 0 radical (unpaired) electrons. The first kappa shape index (κ1) is 24.0. The van der Waals surface area contributed by atoms with Gasteiger partial charge in [-0.25, -0.2) is 9.67 Å². The predicted molar refractivity (Wildman–Crippen MR) is 137 cm³/mol. The highest BCUT2D eigenvalue weighted by molar-refractivity contribution is 9.10. The van der Waals surface area contributed by atoms with Crippen LogP contribution in [0.15, 0.2) is 29.0 Å². The molecule has 0 unspecified atom stereocenters. The summed E-state index contributed by atoms with van der Waals surface area (Å²) < 4.78 is 2.22. The third-order valence-corrected chi connectivity index (χ3v) is 7.54. The minimum absolute atomic E-state index is 0.0505. The van der Waals surface area contributed by atoms with Crippen molar-refractivity contribution < 1.29 is 9.59 Å². The molecule has 2 fully saturated rings. The molecule has 12 heteroatoms. The largest absolute Gasteiger partial charge is 0.359 e. The van der Waals surface area contributed by atoms with Gasteiger partial charge >= 0.3 is 0 Å². The van der Waals surface area contributed by atoms with E-state index >= 15 is 0 Å². The molecule has 3 heterocycles. The zero-order valence-corrected chi connectivity index (χ0v) is 21.7. The Hall–Kier alpha value is -2.76. The number of hydrogen-bond acceptors (Lipinski definition) is 7. The van der Waals surface area contributed by atoms with Gasteiger partial charge in [0.05, 0.1) is 17.1 Å². The van der Waals surface area contributed by atoms with Gasteiger partial charge in [-0.15, -0.1) is 0 Å². The molecule has 0 bridgehead atoms. The Morgan fingerprint density at radius 3 is 2.77 bits per heavy atom. The number of nitrogens with zero attached hydrogens (tertiary/aromatic N) is 4. The minimum Gasteiger partial charge on any atom is -0.359 e. The number of anilines is 1. The first-order valence-electron chi connectivity index (χ1n) is 11.5. The van der Waals surface area contributed by atoms with Crippen LogP contribution in [-0.4, -0.2) is 63.8 Å². The molecule has 2 atom stereocenters. The van der Waals surface area contributed by atoms with Gasteiger partial charge in [0.25, 0.3) is 5.91 Å². The van der Waals surface area contributed by atoms with Crippen molar-refractivity contribution in [2.45, 2.75) is 38.3 Å². The minimum atomic E-state index is -0.408. The summed E-state index contributed by atoms with van der Waals surface area (Å²) in [5.74, 6) is 0.317. The van der Waals surface area contributed by atoms with E-state index in [1.165, 1.54) is 0 Å². The molecule has 3 aromatic rings. The normalized spacial score (nSPS) is 22.1. The number of fused-ring (bicyclic) bond motifs is 1. The van der Waals surface area contributed by atoms with Crippen LogP contribution >= 0.6 is 27.5 Å². The van der Waals surface area contributed by atoms with Gasteiger partial charge in [-0.05, 0) is 53.4 Å². The fourth-order valence-electron chi connectivity index (χ4n) is 4.66. The summed E-state index contributed by atoms with van der Waals surface area (Å²) in [5, 5.41) is 18.0. The Labute approximate surface area is 215 Å². The summed E-state index contributed by atoms with van der Waals surface area (Å²) in [5.41, 5.74) is 1.22. The predicted octanol–water partition coefficient (Wildman–Crippen LogP) is 2.65. The van der Waals surface area contributed by atoms with Gasteiger partial charge < -0.3 is 21.3 Å². The van der Waals surface area contributed by atoms with Crippen molar-refractivity contribution in [1.82, 2.24) is 35.7 Å². The van der Waals surface area contributed by atoms with E-state index in [0.29, 0.717) is 38.9 Å². The third-order valence-electron chi connectivity index (χ3n) is 6.74. The number of halogens is 2. The lowest BCUT2D eigenvalue weighted by atomic mass is 9.87. The monoisotopic (exact) mass is 560 g/mol. The molecule has 2 aromatic heterocycles. The molecule has 1 aliphatic heterocycles. The SMILES string of the molecule is CNC(=O)[C@]1(C)CC[C@@H](Nc2ncc3c(Br)nn(-c4cc(Cl)cc(C(=O)NC5CNC5)c4)c3n2)C1.